The zero-order valence-electron chi connectivity index (χ0n) is 17.3. The molecule has 10 nitrogen and oxygen atoms in total. The summed E-state index contributed by atoms with van der Waals surface area (Å²) in [5.74, 6) is -1.84. The molecule has 1 fully saturated rings. The van der Waals surface area contributed by atoms with Gasteiger partial charge in [0.25, 0.3) is 11.6 Å². The van der Waals surface area contributed by atoms with Crippen molar-refractivity contribution in [1.29, 1.82) is 0 Å². The summed E-state index contributed by atoms with van der Waals surface area (Å²) in [7, 11) is 0. The normalized spacial score (nSPS) is 14.9. The zero-order chi connectivity index (χ0) is 22.1. The Kier molecular flexibility index (Phi) is 8.57. The predicted molar refractivity (Wildman–Crippen MR) is 110 cm³/mol. The van der Waals surface area contributed by atoms with Crippen LogP contribution in [-0.4, -0.2) is 55.0 Å². The van der Waals surface area contributed by atoms with Gasteiger partial charge in [-0.1, -0.05) is 12.8 Å². The lowest BCUT2D eigenvalue weighted by Crippen LogP contribution is -2.46. The number of likely N-dealkylation sites (N-methyl/N-ethyl adjacent to an activating group) is 1. The number of esters is 1. The first kappa shape index (κ1) is 23.1. The van der Waals surface area contributed by atoms with Gasteiger partial charge in [0.05, 0.1) is 10.5 Å². The molecular formula is C20H28N4O6. The third-order valence-electron chi connectivity index (χ3n) is 4.81. The summed E-state index contributed by atoms with van der Waals surface area (Å²) in [6, 6.07) is 3.42. The van der Waals surface area contributed by atoms with Gasteiger partial charge in [-0.15, -0.1) is 0 Å². The molecule has 1 aliphatic heterocycles. The summed E-state index contributed by atoms with van der Waals surface area (Å²) in [6.07, 6.45) is 4.11. The Bertz CT molecular complexity index is 790. The molecular weight excluding hydrogens is 392 g/mol. The van der Waals surface area contributed by atoms with E-state index in [0.717, 1.165) is 38.8 Å². The van der Waals surface area contributed by atoms with Crippen LogP contribution in [0.4, 0.5) is 11.4 Å². The molecule has 1 saturated heterocycles. The minimum atomic E-state index is -0.846. The van der Waals surface area contributed by atoms with Gasteiger partial charge in [-0.25, -0.2) is 4.79 Å². The quantitative estimate of drug-likeness (QED) is 0.372. The van der Waals surface area contributed by atoms with E-state index in [0.29, 0.717) is 12.2 Å². The van der Waals surface area contributed by atoms with E-state index >= 15 is 0 Å². The first-order valence-corrected chi connectivity index (χ1v) is 10.1. The van der Waals surface area contributed by atoms with Crippen molar-refractivity contribution in [2.24, 2.45) is 0 Å². The number of nitro benzene ring substituents is 1. The molecule has 10 heteroatoms. The van der Waals surface area contributed by atoms with E-state index in [2.05, 4.69) is 10.6 Å². The molecule has 1 atom stereocenters. The lowest BCUT2D eigenvalue weighted by molar-refractivity contribution is -0.384. The fourth-order valence-corrected chi connectivity index (χ4v) is 3.27. The molecule has 30 heavy (non-hydrogen) atoms. The Hall–Kier alpha value is -3.17. The van der Waals surface area contributed by atoms with Crippen molar-refractivity contribution in [3.05, 3.63) is 33.9 Å². The highest BCUT2D eigenvalue weighted by Gasteiger charge is 2.23. The molecule has 2 amide bonds. The van der Waals surface area contributed by atoms with Crippen LogP contribution in [-0.2, 0) is 14.3 Å². The smallest absolute Gasteiger partial charge is 0.338 e. The van der Waals surface area contributed by atoms with Gasteiger partial charge < -0.3 is 20.3 Å². The number of carbonyl (C=O) groups excluding carboxylic acids is 3. The standard InChI is InChI=1S/C20H28N4O6/c1-3-21-19(26)14(2)22-18(25)13-30-20(27)15-8-9-16(17(12-15)24(28)29)23-10-6-4-5-7-11-23/h8-9,12,14H,3-7,10-11,13H2,1-2H3,(H,21,26)(H,22,25)/t14-/m1/s1. The average molecular weight is 420 g/mol. The highest BCUT2D eigenvalue weighted by Crippen LogP contribution is 2.31. The third kappa shape index (κ3) is 6.43. The van der Waals surface area contributed by atoms with E-state index in [4.69, 9.17) is 4.74 Å². The van der Waals surface area contributed by atoms with Crippen LogP contribution >= 0.6 is 0 Å². The monoisotopic (exact) mass is 420 g/mol. The van der Waals surface area contributed by atoms with E-state index in [1.165, 1.54) is 19.1 Å². The fourth-order valence-electron chi connectivity index (χ4n) is 3.27. The molecule has 164 valence electrons. The Labute approximate surface area is 175 Å². The number of hydrogen-bond donors (Lipinski definition) is 2. The Morgan fingerprint density at radius 1 is 1.20 bits per heavy atom. The van der Waals surface area contributed by atoms with Gasteiger partial charge in [-0.2, -0.15) is 0 Å². The Balaban J connectivity index is 2.01. The van der Waals surface area contributed by atoms with Crippen LogP contribution in [0.5, 0.6) is 0 Å². The Morgan fingerprint density at radius 2 is 1.87 bits per heavy atom. The van der Waals surface area contributed by atoms with Crippen molar-refractivity contribution in [3.8, 4) is 0 Å². The highest BCUT2D eigenvalue weighted by molar-refractivity contribution is 5.93. The second-order valence-corrected chi connectivity index (χ2v) is 7.12. The van der Waals surface area contributed by atoms with Crippen LogP contribution in [0.2, 0.25) is 0 Å². The summed E-state index contributed by atoms with van der Waals surface area (Å²) >= 11 is 0. The number of rotatable bonds is 8. The second-order valence-electron chi connectivity index (χ2n) is 7.12. The molecule has 1 aliphatic rings. The minimum absolute atomic E-state index is 0.00940. The van der Waals surface area contributed by atoms with Gasteiger partial charge in [-0.05, 0) is 38.8 Å². The molecule has 0 radical (unpaired) electrons. The summed E-state index contributed by atoms with van der Waals surface area (Å²) in [4.78, 5) is 48.8. The van der Waals surface area contributed by atoms with Crippen molar-refractivity contribution < 1.29 is 24.0 Å². The topological polar surface area (TPSA) is 131 Å². The van der Waals surface area contributed by atoms with Gasteiger partial charge in [-0.3, -0.25) is 19.7 Å². The molecule has 2 N–H and O–H groups in total. The van der Waals surface area contributed by atoms with Crippen LogP contribution in [0, 0.1) is 10.1 Å². The SMILES string of the molecule is CCNC(=O)[C@@H](C)NC(=O)COC(=O)c1ccc(N2CCCCCC2)c([N+](=O)[O-])c1. The molecule has 1 heterocycles. The maximum Gasteiger partial charge on any atom is 0.338 e. The molecule has 0 aromatic heterocycles. The summed E-state index contributed by atoms with van der Waals surface area (Å²) in [6.45, 7) is 4.56. The minimum Gasteiger partial charge on any atom is -0.452 e. The van der Waals surface area contributed by atoms with Gasteiger partial charge in [0, 0.05) is 25.7 Å². The Morgan fingerprint density at radius 3 is 2.47 bits per heavy atom. The molecule has 0 spiro atoms. The number of benzene rings is 1. The van der Waals surface area contributed by atoms with Crippen molar-refractivity contribution >= 4 is 29.2 Å². The van der Waals surface area contributed by atoms with Gasteiger partial charge >= 0.3 is 5.97 Å². The fraction of sp³-hybridized carbons (Fsp3) is 0.550. The molecule has 0 bridgehead atoms. The van der Waals surface area contributed by atoms with Crippen molar-refractivity contribution in [1.82, 2.24) is 10.6 Å². The first-order chi connectivity index (χ1) is 14.3. The number of ether oxygens (including phenoxy) is 1. The largest absolute Gasteiger partial charge is 0.452 e. The van der Waals surface area contributed by atoms with Crippen molar-refractivity contribution in [2.45, 2.75) is 45.6 Å². The van der Waals surface area contributed by atoms with Crippen molar-refractivity contribution in [2.75, 3.05) is 31.1 Å². The number of carbonyl (C=O) groups is 3. The lowest BCUT2D eigenvalue weighted by atomic mass is 10.1. The third-order valence-corrected chi connectivity index (χ3v) is 4.81. The number of anilines is 1. The van der Waals surface area contributed by atoms with Crippen LogP contribution in [0.15, 0.2) is 18.2 Å². The highest BCUT2D eigenvalue weighted by atomic mass is 16.6. The molecule has 1 aromatic rings. The number of hydrogen-bond acceptors (Lipinski definition) is 7. The predicted octanol–water partition coefficient (Wildman–Crippen LogP) is 1.77. The van der Waals surface area contributed by atoms with E-state index < -0.39 is 29.4 Å². The van der Waals surface area contributed by atoms with Gasteiger partial charge in [0.1, 0.15) is 11.7 Å². The molecule has 2 rings (SSSR count). The van der Waals surface area contributed by atoms with E-state index in [1.54, 1.807) is 13.0 Å². The summed E-state index contributed by atoms with van der Waals surface area (Å²) < 4.78 is 4.95. The van der Waals surface area contributed by atoms with Gasteiger partial charge in [0.15, 0.2) is 6.61 Å². The van der Waals surface area contributed by atoms with Crippen LogP contribution in [0.1, 0.15) is 49.9 Å². The van der Waals surface area contributed by atoms with Crippen LogP contribution in [0.25, 0.3) is 0 Å². The maximum atomic E-state index is 12.3. The van der Waals surface area contributed by atoms with E-state index in [9.17, 15) is 24.5 Å². The van der Waals surface area contributed by atoms with Crippen LogP contribution < -0.4 is 15.5 Å². The second kappa shape index (κ2) is 11.1. The zero-order valence-corrected chi connectivity index (χ0v) is 17.3. The number of nitro groups is 1. The molecule has 0 aliphatic carbocycles. The van der Waals surface area contributed by atoms with Crippen molar-refractivity contribution in [3.63, 3.8) is 0 Å². The number of amides is 2. The van der Waals surface area contributed by atoms with Gasteiger partial charge in [0.2, 0.25) is 5.91 Å². The van der Waals surface area contributed by atoms with Crippen LogP contribution in [0.3, 0.4) is 0 Å². The summed E-state index contributed by atoms with van der Waals surface area (Å²) in [5, 5.41) is 16.5. The maximum absolute atomic E-state index is 12.3. The first-order valence-electron chi connectivity index (χ1n) is 10.1. The number of nitrogens with zero attached hydrogens (tertiary/aromatic N) is 2. The summed E-state index contributed by atoms with van der Waals surface area (Å²) in [5.41, 5.74) is 0.303. The average Bonchev–Trinajstić information content (AvgIpc) is 3.01. The van der Waals surface area contributed by atoms with E-state index in [-0.39, 0.29) is 17.2 Å². The number of nitrogens with one attached hydrogen (secondary N) is 2. The molecule has 0 unspecified atom stereocenters. The molecule has 0 saturated carbocycles. The molecule has 1 aromatic carbocycles. The lowest BCUT2D eigenvalue weighted by Gasteiger charge is -2.22. The van der Waals surface area contributed by atoms with E-state index in [1.807, 2.05) is 4.90 Å².